The fraction of sp³-hybridized carbons (Fsp3) is 0.0833. The zero-order valence-electron chi connectivity index (χ0n) is 9.22. The van der Waals surface area contributed by atoms with E-state index in [-0.39, 0.29) is 0 Å². The number of rotatable bonds is 2. The van der Waals surface area contributed by atoms with Gasteiger partial charge in [-0.3, -0.25) is 9.38 Å². The Bertz CT molecular complexity index is 708. The van der Waals surface area contributed by atoms with Crippen molar-refractivity contribution in [2.24, 2.45) is 0 Å². The van der Waals surface area contributed by atoms with Gasteiger partial charge in [0.15, 0.2) is 5.65 Å². The molecule has 90 valence electrons. The minimum absolute atomic E-state index is 0.495. The van der Waals surface area contributed by atoms with Gasteiger partial charge in [0, 0.05) is 11.4 Å². The second-order valence-electron chi connectivity index (χ2n) is 3.85. The number of halogens is 2. The van der Waals surface area contributed by atoms with Crippen molar-refractivity contribution in [2.45, 2.75) is 6.42 Å². The van der Waals surface area contributed by atoms with Gasteiger partial charge < -0.3 is 0 Å². The van der Waals surface area contributed by atoms with E-state index in [9.17, 15) is 0 Å². The fourth-order valence-electron chi connectivity index (χ4n) is 1.81. The highest BCUT2D eigenvalue weighted by molar-refractivity contribution is 6.30. The standard InChI is InChI=1S/C12H8Cl2N4/c13-9-3-1-2-8(4-9)5-11-16-17-12-7-15-6-10(14)18(11)12/h1-4,6-7H,5H2. The highest BCUT2D eigenvalue weighted by atomic mass is 35.5. The lowest BCUT2D eigenvalue weighted by molar-refractivity contribution is 0.932. The van der Waals surface area contributed by atoms with E-state index in [0.717, 1.165) is 11.4 Å². The number of fused-ring (bicyclic) bond motifs is 1. The van der Waals surface area contributed by atoms with Crippen LogP contribution >= 0.6 is 23.2 Å². The second-order valence-corrected chi connectivity index (χ2v) is 4.67. The van der Waals surface area contributed by atoms with Crippen LogP contribution in [0.5, 0.6) is 0 Å². The van der Waals surface area contributed by atoms with Crippen molar-refractivity contribution in [2.75, 3.05) is 0 Å². The van der Waals surface area contributed by atoms with E-state index in [0.29, 0.717) is 22.2 Å². The predicted octanol–water partition coefficient (Wildman–Crippen LogP) is 3.02. The van der Waals surface area contributed by atoms with Crippen LogP contribution in [0.2, 0.25) is 10.2 Å². The van der Waals surface area contributed by atoms with Crippen molar-refractivity contribution in [3.63, 3.8) is 0 Å². The Morgan fingerprint density at radius 1 is 1.11 bits per heavy atom. The van der Waals surface area contributed by atoms with Gasteiger partial charge in [-0.05, 0) is 17.7 Å². The van der Waals surface area contributed by atoms with E-state index in [1.165, 1.54) is 0 Å². The largest absolute Gasteiger partial charge is 0.266 e. The average molecular weight is 279 g/mol. The molecular formula is C12H8Cl2N4. The van der Waals surface area contributed by atoms with Crippen molar-refractivity contribution < 1.29 is 0 Å². The lowest BCUT2D eigenvalue weighted by Gasteiger charge is -2.02. The molecule has 0 unspecified atom stereocenters. The second kappa shape index (κ2) is 4.55. The quantitative estimate of drug-likeness (QED) is 0.724. The highest BCUT2D eigenvalue weighted by Gasteiger charge is 2.09. The number of benzene rings is 1. The van der Waals surface area contributed by atoms with Gasteiger partial charge >= 0.3 is 0 Å². The first-order valence-corrected chi connectivity index (χ1v) is 6.07. The molecule has 0 saturated heterocycles. The summed E-state index contributed by atoms with van der Waals surface area (Å²) in [5, 5.41) is 9.36. The highest BCUT2D eigenvalue weighted by Crippen LogP contribution is 2.17. The molecule has 0 bridgehead atoms. The molecule has 0 fully saturated rings. The normalized spacial score (nSPS) is 11.0. The molecule has 0 saturated carbocycles. The maximum absolute atomic E-state index is 6.10. The van der Waals surface area contributed by atoms with E-state index in [1.807, 2.05) is 24.3 Å². The predicted molar refractivity (Wildman–Crippen MR) is 70.1 cm³/mol. The topological polar surface area (TPSA) is 43.1 Å². The van der Waals surface area contributed by atoms with E-state index >= 15 is 0 Å². The molecule has 0 N–H and O–H groups in total. The molecule has 1 aromatic carbocycles. The van der Waals surface area contributed by atoms with Crippen molar-refractivity contribution in [3.05, 3.63) is 58.2 Å². The van der Waals surface area contributed by atoms with Gasteiger partial charge in [-0.1, -0.05) is 35.3 Å². The molecule has 0 aliphatic carbocycles. The summed E-state index contributed by atoms with van der Waals surface area (Å²) in [7, 11) is 0. The Labute approximate surface area is 113 Å². The van der Waals surface area contributed by atoms with Crippen LogP contribution < -0.4 is 0 Å². The molecule has 2 heterocycles. The summed E-state index contributed by atoms with van der Waals surface area (Å²) < 4.78 is 1.77. The first-order chi connectivity index (χ1) is 8.74. The van der Waals surface area contributed by atoms with E-state index in [1.54, 1.807) is 16.8 Å². The molecule has 4 nitrogen and oxygen atoms in total. The van der Waals surface area contributed by atoms with E-state index in [4.69, 9.17) is 23.2 Å². The third kappa shape index (κ3) is 2.05. The van der Waals surface area contributed by atoms with Crippen molar-refractivity contribution in [1.82, 2.24) is 19.6 Å². The van der Waals surface area contributed by atoms with Gasteiger partial charge in [0.2, 0.25) is 0 Å². The monoisotopic (exact) mass is 278 g/mol. The SMILES string of the molecule is Clc1cccc(Cc2nnc3cncc(Cl)n23)c1. The Morgan fingerprint density at radius 2 is 2.00 bits per heavy atom. The first-order valence-electron chi connectivity index (χ1n) is 5.32. The van der Waals surface area contributed by atoms with Gasteiger partial charge in [0.05, 0.1) is 12.4 Å². The lowest BCUT2D eigenvalue weighted by atomic mass is 10.1. The number of hydrogen-bond acceptors (Lipinski definition) is 3. The first kappa shape index (κ1) is 11.4. The Kier molecular flexibility index (Phi) is 2.89. The molecule has 0 spiro atoms. The van der Waals surface area contributed by atoms with Crippen LogP contribution in [-0.4, -0.2) is 19.6 Å². The Hall–Kier alpha value is -1.65. The smallest absolute Gasteiger partial charge is 0.180 e. The molecule has 18 heavy (non-hydrogen) atoms. The summed E-state index contributed by atoms with van der Waals surface area (Å²) >= 11 is 12.1. The number of nitrogens with zero attached hydrogens (tertiary/aromatic N) is 4. The molecule has 3 aromatic rings. The van der Waals surface area contributed by atoms with Crippen LogP contribution in [0.15, 0.2) is 36.7 Å². The molecule has 2 aromatic heterocycles. The summed E-state index contributed by atoms with van der Waals surface area (Å²) in [6.07, 6.45) is 3.81. The van der Waals surface area contributed by atoms with Gasteiger partial charge in [0.1, 0.15) is 11.0 Å². The summed E-state index contributed by atoms with van der Waals surface area (Å²) in [5.41, 5.74) is 1.70. The van der Waals surface area contributed by atoms with Crippen LogP contribution in [-0.2, 0) is 6.42 Å². The van der Waals surface area contributed by atoms with Crippen LogP contribution in [0.3, 0.4) is 0 Å². The van der Waals surface area contributed by atoms with E-state index < -0.39 is 0 Å². The van der Waals surface area contributed by atoms with E-state index in [2.05, 4.69) is 15.2 Å². The van der Waals surface area contributed by atoms with Crippen LogP contribution in [0.4, 0.5) is 0 Å². The average Bonchev–Trinajstić information content (AvgIpc) is 2.74. The summed E-state index contributed by atoms with van der Waals surface area (Å²) in [6.45, 7) is 0. The molecule has 0 aliphatic rings. The minimum atomic E-state index is 0.495. The van der Waals surface area contributed by atoms with Gasteiger partial charge in [0.25, 0.3) is 0 Å². The van der Waals surface area contributed by atoms with Crippen LogP contribution in [0.25, 0.3) is 5.65 Å². The Morgan fingerprint density at radius 3 is 2.83 bits per heavy atom. The molecule has 0 radical (unpaired) electrons. The maximum Gasteiger partial charge on any atom is 0.180 e. The van der Waals surface area contributed by atoms with Gasteiger partial charge in [-0.25, -0.2) is 0 Å². The van der Waals surface area contributed by atoms with Crippen molar-refractivity contribution in [1.29, 1.82) is 0 Å². The fourth-order valence-corrected chi connectivity index (χ4v) is 2.27. The van der Waals surface area contributed by atoms with Crippen LogP contribution in [0, 0.1) is 0 Å². The summed E-state index contributed by atoms with van der Waals surface area (Å²) in [6, 6.07) is 7.63. The number of hydrogen-bond donors (Lipinski definition) is 0. The van der Waals surface area contributed by atoms with Gasteiger partial charge in [-0.2, -0.15) is 0 Å². The maximum atomic E-state index is 6.10. The lowest BCUT2D eigenvalue weighted by Crippen LogP contribution is -1.98. The molecule has 3 rings (SSSR count). The molecule has 0 atom stereocenters. The third-order valence-electron chi connectivity index (χ3n) is 2.59. The van der Waals surface area contributed by atoms with Gasteiger partial charge in [-0.15, -0.1) is 10.2 Å². The van der Waals surface area contributed by atoms with Crippen LogP contribution in [0.1, 0.15) is 11.4 Å². The Balaban J connectivity index is 2.05. The zero-order chi connectivity index (χ0) is 12.5. The third-order valence-corrected chi connectivity index (χ3v) is 3.09. The summed E-state index contributed by atoms with van der Waals surface area (Å²) in [4.78, 5) is 3.97. The van der Waals surface area contributed by atoms with Crippen molar-refractivity contribution in [3.8, 4) is 0 Å². The number of aromatic nitrogens is 4. The minimum Gasteiger partial charge on any atom is -0.266 e. The zero-order valence-corrected chi connectivity index (χ0v) is 10.7. The molecular weight excluding hydrogens is 271 g/mol. The molecule has 6 heteroatoms. The molecule has 0 amide bonds. The molecule has 0 aliphatic heterocycles. The van der Waals surface area contributed by atoms with Crippen molar-refractivity contribution >= 4 is 28.8 Å². The summed E-state index contributed by atoms with van der Waals surface area (Å²) in [5.74, 6) is 0.764.